The van der Waals surface area contributed by atoms with Gasteiger partial charge in [-0.2, -0.15) is 0 Å². The van der Waals surface area contributed by atoms with Gasteiger partial charge in [-0.15, -0.1) is 0 Å². The largest absolute Gasteiger partial charge is 0.394 e. The van der Waals surface area contributed by atoms with Crippen molar-refractivity contribution in [2.75, 3.05) is 13.2 Å². The van der Waals surface area contributed by atoms with E-state index >= 15 is 0 Å². The molecule has 1 saturated heterocycles. The Bertz CT molecular complexity index is 663. The van der Waals surface area contributed by atoms with E-state index in [0.717, 1.165) is 24.0 Å². The minimum absolute atomic E-state index is 0.0540. The third kappa shape index (κ3) is 6.40. The maximum atomic E-state index is 10.4. The van der Waals surface area contributed by atoms with Crippen molar-refractivity contribution in [1.29, 1.82) is 0 Å². The number of benzene rings is 2. The van der Waals surface area contributed by atoms with Crippen molar-refractivity contribution in [3.63, 3.8) is 0 Å². The summed E-state index contributed by atoms with van der Waals surface area (Å²) in [5.74, 6) is 0. The first-order valence-electron chi connectivity index (χ1n) is 9.98. The average Bonchev–Trinajstić information content (AvgIpc) is 2.75. The van der Waals surface area contributed by atoms with Crippen LogP contribution in [0.2, 0.25) is 0 Å². The van der Waals surface area contributed by atoms with Crippen LogP contribution in [-0.4, -0.2) is 47.8 Å². The first-order chi connectivity index (χ1) is 13.8. The minimum atomic E-state index is -0.820. The molecule has 4 atom stereocenters. The molecule has 0 unspecified atom stereocenters. The van der Waals surface area contributed by atoms with Gasteiger partial charge in [-0.25, -0.2) is 0 Å². The topological polar surface area (TPSA) is 68.2 Å². The van der Waals surface area contributed by atoms with E-state index in [-0.39, 0.29) is 18.8 Å². The van der Waals surface area contributed by atoms with Crippen LogP contribution in [0.3, 0.4) is 0 Å². The molecule has 28 heavy (non-hydrogen) atoms. The highest BCUT2D eigenvalue weighted by atomic mass is 16.5. The third-order valence-electron chi connectivity index (χ3n) is 5.04. The first-order valence-corrected chi connectivity index (χ1v) is 9.98. The van der Waals surface area contributed by atoms with Crippen LogP contribution in [0.5, 0.6) is 0 Å². The van der Waals surface area contributed by atoms with E-state index in [1.807, 2.05) is 60.7 Å². The summed E-state index contributed by atoms with van der Waals surface area (Å²) in [6, 6.07) is 20.0. The molecule has 0 aliphatic carbocycles. The zero-order valence-corrected chi connectivity index (χ0v) is 16.2. The van der Waals surface area contributed by atoms with Crippen molar-refractivity contribution in [3.05, 3.63) is 71.8 Å². The summed E-state index contributed by atoms with van der Waals surface area (Å²) in [6.45, 7) is 1.48. The predicted molar refractivity (Wildman–Crippen MR) is 107 cm³/mol. The quantitative estimate of drug-likeness (QED) is 0.614. The Labute approximate surface area is 166 Å². The molecule has 0 aromatic heterocycles. The second-order valence-corrected chi connectivity index (χ2v) is 7.22. The highest BCUT2D eigenvalue weighted by Crippen LogP contribution is 2.26. The lowest BCUT2D eigenvalue weighted by Gasteiger charge is -2.38. The molecule has 0 amide bonds. The number of aliphatic hydroxyl groups excluding tert-OH is 2. The summed E-state index contributed by atoms with van der Waals surface area (Å²) in [7, 11) is 0. The predicted octanol–water partition coefficient (Wildman–Crippen LogP) is 3.08. The van der Waals surface area contributed by atoms with Crippen LogP contribution in [0.15, 0.2) is 60.7 Å². The van der Waals surface area contributed by atoms with Crippen molar-refractivity contribution in [2.24, 2.45) is 0 Å². The van der Waals surface area contributed by atoms with Crippen LogP contribution < -0.4 is 0 Å². The third-order valence-corrected chi connectivity index (χ3v) is 5.04. The summed E-state index contributed by atoms with van der Waals surface area (Å²) in [6.07, 6.45) is 0.454. The van der Waals surface area contributed by atoms with E-state index in [1.165, 1.54) is 0 Å². The Kier molecular flexibility index (Phi) is 8.45. The standard InChI is InChI=1S/C23H30O5/c24-15-22-23(25)21(27-17-19-10-5-2-6-11-19)14-20(28-22)12-7-13-26-16-18-8-3-1-4-9-18/h1-6,8-11,20-25H,7,12-17H2/t20-,21+,22-,23+/m1/s1. The second-order valence-electron chi connectivity index (χ2n) is 7.22. The molecule has 152 valence electrons. The van der Waals surface area contributed by atoms with Gasteiger partial charge >= 0.3 is 0 Å². The fourth-order valence-corrected chi connectivity index (χ4v) is 3.48. The molecule has 0 spiro atoms. The molecule has 3 rings (SSSR count). The van der Waals surface area contributed by atoms with Crippen LogP contribution in [0.25, 0.3) is 0 Å². The molecule has 1 heterocycles. The Morgan fingerprint density at radius 3 is 2.21 bits per heavy atom. The van der Waals surface area contributed by atoms with Gasteiger partial charge in [0.1, 0.15) is 12.2 Å². The Hall–Kier alpha value is -1.76. The Morgan fingerprint density at radius 2 is 1.57 bits per heavy atom. The summed E-state index contributed by atoms with van der Waals surface area (Å²) in [5.41, 5.74) is 2.22. The number of hydrogen-bond donors (Lipinski definition) is 2. The fourth-order valence-electron chi connectivity index (χ4n) is 3.48. The summed E-state index contributed by atoms with van der Waals surface area (Å²) < 4.78 is 17.5. The van der Waals surface area contributed by atoms with Crippen LogP contribution in [-0.2, 0) is 27.4 Å². The first kappa shape index (κ1) is 21.0. The zero-order valence-electron chi connectivity index (χ0n) is 16.2. The van der Waals surface area contributed by atoms with Gasteiger partial charge in [-0.1, -0.05) is 60.7 Å². The normalized spacial score (nSPS) is 24.9. The molecule has 1 fully saturated rings. The van der Waals surface area contributed by atoms with Crippen molar-refractivity contribution >= 4 is 0 Å². The van der Waals surface area contributed by atoms with Gasteiger partial charge in [0.15, 0.2) is 0 Å². The molecule has 2 N–H and O–H groups in total. The van der Waals surface area contributed by atoms with Gasteiger partial charge in [0.25, 0.3) is 0 Å². The lowest BCUT2D eigenvalue weighted by atomic mass is 9.95. The number of ether oxygens (including phenoxy) is 3. The molecule has 2 aromatic rings. The summed E-state index contributed by atoms with van der Waals surface area (Å²) in [5, 5.41) is 20.0. The molecule has 1 aliphatic heterocycles. The lowest BCUT2D eigenvalue weighted by Crippen LogP contribution is -2.50. The summed E-state index contributed by atoms with van der Waals surface area (Å²) >= 11 is 0. The van der Waals surface area contributed by atoms with E-state index in [9.17, 15) is 10.2 Å². The second kappa shape index (κ2) is 11.3. The molecular weight excluding hydrogens is 356 g/mol. The molecule has 0 radical (unpaired) electrons. The number of rotatable bonds is 10. The van der Waals surface area contributed by atoms with Gasteiger partial charge in [0.05, 0.1) is 32.0 Å². The average molecular weight is 386 g/mol. The molecule has 0 saturated carbocycles. The van der Waals surface area contributed by atoms with Gasteiger partial charge in [-0.3, -0.25) is 0 Å². The van der Waals surface area contributed by atoms with E-state index in [2.05, 4.69) is 0 Å². The summed E-state index contributed by atoms with van der Waals surface area (Å²) in [4.78, 5) is 0. The van der Waals surface area contributed by atoms with Crippen molar-refractivity contribution in [2.45, 2.75) is 56.9 Å². The monoisotopic (exact) mass is 386 g/mol. The molecule has 1 aliphatic rings. The zero-order chi connectivity index (χ0) is 19.6. The Morgan fingerprint density at radius 1 is 0.929 bits per heavy atom. The van der Waals surface area contributed by atoms with Gasteiger partial charge < -0.3 is 24.4 Å². The number of hydrogen-bond acceptors (Lipinski definition) is 5. The van der Waals surface area contributed by atoms with Gasteiger partial charge in [0.2, 0.25) is 0 Å². The lowest BCUT2D eigenvalue weighted by molar-refractivity contribution is -0.197. The molecule has 0 bridgehead atoms. The van der Waals surface area contributed by atoms with E-state index in [1.54, 1.807) is 0 Å². The fraction of sp³-hybridized carbons (Fsp3) is 0.478. The van der Waals surface area contributed by atoms with Crippen LogP contribution in [0.1, 0.15) is 30.4 Å². The van der Waals surface area contributed by atoms with E-state index in [0.29, 0.717) is 26.2 Å². The molecule has 5 heteroatoms. The maximum absolute atomic E-state index is 10.4. The highest BCUT2D eigenvalue weighted by molar-refractivity contribution is 5.14. The van der Waals surface area contributed by atoms with Crippen molar-refractivity contribution in [3.8, 4) is 0 Å². The number of aliphatic hydroxyl groups is 2. The smallest absolute Gasteiger partial charge is 0.109 e. The molecule has 2 aromatic carbocycles. The van der Waals surface area contributed by atoms with E-state index in [4.69, 9.17) is 14.2 Å². The van der Waals surface area contributed by atoms with Crippen molar-refractivity contribution < 1.29 is 24.4 Å². The van der Waals surface area contributed by atoms with Gasteiger partial charge in [-0.05, 0) is 24.0 Å². The van der Waals surface area contributed by atoms with Crippen molar-refractivity contribution in [1.82, 2.24) is 0 Å². The maximum Gasteiger partial charge on any atom is 0.109 e. The van der Waals surface area contributed by atoms with Crippen LogP contribution >= 0.6 is 0 Å². The SMILES string of the molecule is OC[C@H]1O[C@H](CCCOCc2ccccc2)C[C@H](OCc2ccccc2)[C@@H]1O. The van der Waals surface area contributed by atoms with E-state index < -0.39 is 12.2 Å². The highest BCUT2D eigenvalue weighted by Gasteiger charge is 2.37. The molecule has 5 nitrogen and oxygen atoms in total. The Balaban J connectivity index is 1.42. The molecular formula is C23H30O5. The van der Waals surface area contributed by atoms with Gasteiger partial charge in [0, 0.05) is 13.0 Å². The van der Waals surface area contributed by atoms with Crippen LogP contribution in [0.4, 0.5) is 0 Å². The minimum Gasteiger partial charge on any atom is -0.394 e. The van der Waals surface area contributed by atoms with Crippen LogP contribution in [0, 0.1) is 0 Å².